The molecule has 2 heterocycles. The summed E-state index contributed by atoms with van der Waals surface area (Å²) in [5.41, 5.74) is 3.42. The van der Waals surface area contributed by atoms with Crippen LogP contribution in [-0.2, 0) is 6.54 Å². The Labute approximate surface area is 115 Å². The van der Waals surface area contributed by atoms with Crippen LogP contribution in [-0.4, -0.2) is 21.0 Å². The number of nitrogens with one attached hydrogen (secondary N) is 3. The molecular weight excluding hydrogens is 254 g/mol. The van der Waals surface area contributed by atoms with E-state index in [1.807, 2.05) is 30.3 Å². The fraction of sp³-hybridized carbons (Fsp3) is 0.0714. The minimum atomic E-state index is -0.257. The second-order valence-corrected chi connectivity index (χ2v) is 4.30. The Morgan fingerprint density at radius 2 is 2.25 bits per heavy atom. The second kappa shape index (κ2) is 5.40. The summed E-state index contributed by atoms with van der Waals surface area (Å²) in [7, 11) is 0. The Balaban J connectivity index is 1.61. The van der Waals surface area contributed by atoms with E-state index in [9.17, 15) is 4.79 Å². The van der Waals surface area contributed by atoms with Gasteiger partial charge in [-0.15, -0.1) is 0 Å². The van der Waals surface area contributed by atoms with E-state index in [0.29, 0.717) is 12.2 Å². The first-order valence-electron chi connectivity index (χ1n) is 6.18. The third-order valence-corrected chi connectivity index (χ3v) is 2.85. The van der Waals surface area contributed by atoms with E-state index in [-0.39, 0.29) is 6.03 Å². The smallest absolute Gasteiger partial charge is 0.319 e. The first kappa shape index (κ1) is 12.2. The highest BCUT2D eigenvalue weighted by molar-refractivity contribution is 5.91. The quantitative estimate of drug-likeness (QED) is 0.680. The predicted octanol–water partition coefficient (Wildman–Crippen LogP) is 2.28. The molecule has 0 unspecified atom stereocenters. The van der Waals surface area contributed by atoms with Crippen molar-refractivity contribution in [2.45, 2.75) is 6.54 Å². The van der Waals surface area contributed by atoms with E-state index in [1.165, 1.54) is 0 Å². The van der Waals surface area contributed by atoms with Gasteiger partial charge in [0.2, 0.25) is 0 Å². The Morgan fingerprint density at radius 3 is 3.10 bits per heavy atom. The van der Waals surface area contributed by atoms with Crippen molar-refractivity contribution in [2.75, 3.05) is 5.32 Å². The number of benzene rings is 1. The third-order valence-electron chi connectivity index (χ3n) is 2.85. The first-order valence-corrected chi connectivity index (χ1v) is 6.18. The molecule has 2 aromatic heterocycles. The van der Waals surface area contributed by atoms with Crippen LogP contribution in [0.5, 0.6) is 0 Å². The van der Waals surface area contributed by atoms with Gasteiger partial charge >= 0.3 is 6.03 Å². The van der Waals surface area contributed by atoms with Crippen LogP contribution in [0.25, 0.3) is 11.0 Å². The van der Waals surface area contributed by atoms with Crippen LogP contribution < -0.4 is 10.6 Å². The Bertz CT molecular complexity index is 723. The van der Waals surface area contributed by atoms with Crippen molar-refractivity contribution in [2.24, 2.45) is 0 Å². The molecule has 1 aromatic carbocycles. The van der Waals surface area contributed by atoms with E-state index in [4.69, 9.17) is 0 Å². The van der Waals surface area contributed by atoms with E-state index >= 15 is 0 Å². The van der Waals surface area contributed by atoms with Crippen LogP contribution in [0.2, 0.25) is 0 Å². The molecule has 3 aromatic rings. The van der Waals surface area contributed by atoms with Crippen LogP contribution in [0.1, 0.15) is 5.56 Å². The molecular formula is C14H13N5O. The minimum Gasteiger partial charge on any atom is -0.345 e. The van der Waals surface area contributed by atoms with Crippen LogP contribution in [0.15, 0.2) is 49.1 Å². The molecule has 0 saturated heterocycles. The van der Waals surface area contributed by atoms with Crippen molar-refractivity contribution in [3.8, 4) is 0 Å². The molecule has 0 aliphatic rings. The molecule has 0 bridgehead atoms. The summed E-state index contributed by atoms with van der Waals surface area (Å²) in [4.78, 5) is 22.9. The number of hydrogen-bond donors (Lipinski definition) is 3. The summed E-state index contributed by atoms with van der Waals surface area (Å²) >= 11 is 0. The molecule has 0 fully saturated rings. The first-order chi connectivity index (χ1) is 9.81. The lowest BCUT2D eigenvalue weighted by atomic mass is 10.3. The number of fused-ring (bicyclic) bond motifs is 1. The zero-order valence-corrected chi connectivity index (χ0v) is 10.6. The number of rotatable bonds is 3. The number of aromatic nitrogens is 3. The molecule has 3 rings (SSSR count). The van der Waals surface area contributed by atoms with Gasteiger partial charge in [0.25, 0.3) is 0 Å². The fourth-order valence-electron chi connectivity index (χ4n) is 1.87. The predicted molar refractivity (Wildman–Crippen MR) is 76.2 cm³/mol. The lowest BCUT2D eigenvalue weighted by molar-refractivity contribution is 0.251. The minimum absolute atomic E-state index is 0.257. The molecule has 2 amide bonds. The molecule has 0 atom stereocenters. The van der Waals surface area contributed by atoms with Crippen LogP contribution >= 0.6 is 0 Å². The molecule has 6 heteroatoms. The number of carbonyl (C=O) groups is 1. The number of carbonyl (C=O) groups excluding carboxylic acids is 1. The monoisotopic (exact) mass is 267 g/mol. The van der Waals surface area contributed by atoms with Gasteiger partial charge in [0.1, 0.15) is 0 Å². The average Bonchev–Trinajstić information content (AvgIpc) is 2.94. The van der Waals surface area contributed by atoms with Crippen molar-refractivity contribution in [3.63, 3.8) is 0 Å². The Hall–Kier alpha value is -2.89. The van der Waals surface area contributed by atoms with Gasteiger partial charge < -0.3 is 15.6 Å². The molecule has 3 N–H and O–H groups in total. The maximum absolute atomic E-state index is 11.8. The van der Waals surface area contributed by atoms with Crippen molar-refractivity contribution in [1.82, 2.24) is 20.3 Å². The number of imidazole rings is 1. The highest BCUT2D eigenvalue weighted by Crippen LogP contribution is 2.15. The SMILES string of the molecule is O=C(NCc1cccnc1)Nc1ccc2nc[nH]c2c1. The summed E-state index contributed by atoms with van der Waals surface area (Å²) in [5.74, 6) is 0. The van der Waals surface area contributed by atoms with Crippen molar-refractivity contribution < 1.29 is 4.79 Å². The normalized spacial score (nSPS) is 10.4. The molecule has 0 aliphatic heterocycles. The van der Waals surface area contributed by atoms with Gasteiger partial charge in [0.15, 0.2) is 0 Å². The van der Waals surface area contributed by atoms with E-state index in [0.717, 1.165) is 16.6 Å². The number of pyridine rings is 1. The number of hydrogen-bond acceptors (Lipinski definition) is 3. The lowest BCUT2D eigenvalue weighted by Gasteiger charge is -2.07. The van der Waals surface area contributed by atoms with Crippen LogP contribution in [0.4, 0.5) is 10.5 Å². The molecule has 20 heavy (non-hydrogen) atoms. The van der Waals surface area contributed by atoms with E-state index in [1.54, 1.807) is 18.7 Å². The largest absolute Gasteiger partial charge is 0.345 e. The summed E-state index contributed by atoms with van der Waals surface area (Å²) in [6.07, 6.45) is 5.04. The summed E-state index contributed by atoms with van der Waals surface area (Å²) in [6.45, 7) is 0.436. The maximum Gasteiger partial charge on any atom is 0.319 e. The summed E-state index contributed by atoms with van der Waals surface area (Å²) in [5, 5.41) is 5.55. The molecule has 6 nitrogen and oxygen atoms in total. The Morgan fingerprint density at radius 1 is 1.30 bits per heavy atom. The van der Waals surface area contributed by atoms with Crippen molar-refractivity contribution >= 4 is 22.8 Å². The standard InChI is InChI=1S/C14H13N5O/c20-14(16-8-10-2-1-5-15-7-10)19-11-3-4-12-13(6-11)18-9-17-12/h1-7,9H,8H2,(H,17,18)(H2,16,19,20). The molecule has 0 aliphatic carbocycles. The molecule has 100 valence electrons. The van der Waals surface area contributed by atoms with Crippen LogP contribution in [0, 0.1) is 0 Å². The number of anilines is 1. The number of aromatic amines is 1. The van der Waals surface area contributed by atoms with Crippen molar-refractivity contribution in [3.05, 3.63) is 54.6 Å². The van der Waals surface area contributed by atoms with Gasteiger partial charge in [0.05, 0.1) is 17.4 Å². The number of amides is 2. The summed E-state index contributed by atoms with van der Waals surface area (Å²) < 4.78 is 0. The Kier molecular flexibility index (Phi) is 3.28. The maximum atomic E-state index is 11.8. The lowest BCUT2D eigenvalue weighted by Crippen LogP contribution is -2.28. The van der Waals surface area contributed by atoms with Gasteiger partial charge in [-0.3, -0.25) is 4.98 Å². The fourth-order valence-corrected chi connectivity index (χ4v) is 1.87. The highest BCUT2D eigenvalue weighted by Gasteiger charge is 2.03. The zero-order valence-electron chi connectivity index (χ0n) is 10.6. The topological polar surface area (TPSA) is 82.7 Å². The highest BCUT2D eigenvalue weighted by atomic mass is 16.2. The van der Waals surface area contributed by atoms with Gasteiger partial charge in [-0.2, -0.15) is 0 Å². The number of nitrogens with zero attached hydrogens (tertiary/aromatic N) is 2. The molecule has 0 saturated carbocycles. The summed E-state index contributed by atoms with van der Waals surface area (Å²) in [6, 6.07) is 8.99. The van der Waals surface area contributed by atoms with Crippen LogP contribution in [0.3, 0.4) is 0 Å². The van der Waals surface area contributed by atoms with E-state index < -0.39 is 0 Å². The number of H-pyrrole nitrogens is 1. The molecule has 0 radical (unpaired) electrons. The number of urea groups is 1. The molecule has 0 spiro atoms. The second-order valence-electron chi connectivity index (χ2n) is 4.30. The van der Waals surface area contributed by atoms with Crippen molar-refractivity contribution in [1.29, 1.82) is 0 Å². The van der Waals surface area contributed by atoms with Gasteiger partial charge in [-0.1, -0.05) is 6.07 Å². The van der Waals surface area contributed by atoms with Gasteiger partial charge in [-0.05, 0) is 29.8 Å². The van der Waals surface area contributed by atoms with Gasteiger partial charge in [0, 0.05) is 24.6 Å². The third kappa shape index (κ3) is 2.74. The average molecular weight is 267 g/mol. The van der Waals surface area contributed by atoms with Gasteiger partial charge in [-0.25, -0.2) is 9.78 Å². The zero-order chi connectivity index (χ0) is 13.8. The van der Waals surface area contributed by atoms with E-state index in [2.05, 4.69) is 25.6 Å².